The Morgan fingerprint density at radius 3 is 2.44 bits per heavy atom. The van der Waals surface area contributed by atoms with Gasteiger partial charge in [0.05, 0.1) is 22.6 Å². The number of aromatic nitrogens is 4. The number of benzene rings is 1. The zero-order chi connectivity index (χ0) is 18.8. The fourth-order valence-electron chi connectivity index (χ4n) is 3.58. The molecule has 3 heterocycles. The fourth-order valence-corrected chi connectivity index (χ4v) is 3.92. The monoisotopic (exact) mass is 384 g/mol. The van der Waals surface area contributed by atoms with Crippen molar-refractivity contribution in [1.82, 2.24) is 29.8 Å². The van der Waals surface area contributed by atoms with Crippen molar-refractivity contribution in [3.05, 3.63) is 41.0 Å². The molecule has 0 unspecified atom stereocenters. The molecule has 0 N–H and O–H groups in total. The van der Waals surface area contributed by atoms with E-state index in [9.17, 15) is 0 Å². The minimum absolute atomic E-state index is 0.647. The molecule has 1 aromatic carbocycles. The third-order valence-corrected chi connectivity index (χ3v) is 5.64. The molecule has 1 saturated heterocycles. The lowest BCUT2D eigenvalue weighted by atomic mass is 10.1. The number of aryl methyl sites for hydroxylation is 1. The van der Waals surface area contributed by atoms with E-state index in [1.165, 1.54) is 0 Å². The molecule has 0 amide bonds. The van der Waals surface area contributed by atoms with Crippen LogP contribution in [0.25, 0.3) is 22.3 Å². The number of rotatable bonds is 5. The van der Waals surface area contributed by atoms with Gasteiger partial charge < -0.3 is 4.90 Å². The van der Waals surface area contributed by atoms with Gasteiger partial charge in [-0.2, -0.15) is 5.10 Å². The third kappa shape index (κ3) is 3.70. The van der Waals surface area contributed by atoms with Gasteiger partial charge in [0.1, 0.15) is 5.69 Å². The summed E-state index contributed by atoms with van der Waals surface area (Å²) in [5, 5.41) is 15.3. The number of fused-ring (bicyclic) bond motifs is 1. The summed E-state index contributed by atoms with van der Waals surface area (Å²) in [5.41, 5.74) is 3.47. The maximum absolute atomic E-state index is 6.77. The van der Waals surface area contributed by atoms with Crippen LogP contribution in [0.1, 0.15) is 12.6 Å². The summed E-state index contributed by atoms with van der Waals surface area (Å²) in [6.45, 7) is 8.30. The van der Waals surface area contributed by atoms with Crippen LogP contribution in [0.4, 0.5) is 0 Å². The van der Waals surface area contributed by atoms with Gasteiger partial charge in [-0.15, -0.1) is 10.2 Å². The van der Waals surface area contributed by atoms with Crippen molar-refractivity contribution in [2.75, 3.05) is 39.8 Å². The Labute approximate surface area is 164 Å². The molecule has 1 fully saturated rings. The van der Waals surface area contributed by atoms with Gasteiger partial charge in [0.25, 0.3) is 0 Å². The minimum Gasteiger partial charge on any atom is -0.304 e. The Balaban J connectivity index is 1.64. The summed E-state index contributed by atoms with van der Waals surface area (Å²) < 4.78 is 1.97. The summed E-state index contributed by atoms with van der Waals surface area (Å²) in [6, 6.07) is 9.96. The van der Waals surface area contributed by atoms with Gasteiger partial charge in [0, 0.05) is 38.3 Å². The molecule has 0 aliphatic carbocycles. The lowest BCUT2D eigenvalue weighted by molar-refractivity contribution is 0.149. The maximum atomic E-state index is 6.77. The quantitative estimate of drug-likeness (QED) is 0.677. The molecule has 0 bridgehead atoms. The Morgan fingerprint density at radius 2 is 1.74 bits per heavy atom. The van der Waals surface area contributed by atoms with Crippen LogP contribution in [0, 0.1) is 0 Å². The zero-order valence-corrected chi connectivity index (χ0v) is 16.7. The van der Waals surface area contributed by atoms with Crippen molar-refractivity contribution in [3.8, 4) is 11.3 Å². The molecule has 142 valence electrons. The van der Waals surface area contributed by atoms with Crippen LogP contribution >= 0.6 is 11.6 Å². The lowest BCUT2D eigenvalue weighted by Crippen LogP contribution is -2.45. The number of hydrogen-bond donors (Lipinski definition) is 0. The Hall–Kier alpha value is -2.02. The molecule has 0 atom stereocenters. The Bertz CT molecular complexity index is 915. The van der Waals surface area contributed by atoms with E-state index < -0.39 is 0 Å². The van der Waals surface area contributed by atoms with Crippen LogP contribution in [0.15, 0.2) is 30.3 Å². The molecule has 27 heavy (non-hydrogen) atoms. The van der Waals surface area contributed by atoms with Crippen LogP contribution in [-0.4, -0.2) is 69.5 Å². The molecule has 1 aliphatic rings. The third-order valence-electron chi connectivity index (χ3n) is 5.28. The van der Waals surface area contributed by atoms with Gasteiger partial charge in [-0.25, -0.2) is 4.68 Å². The predicted octanol–water partition coefficient (Wildman–Crippen LogP) is 2.96. The average Bonchev–Trinajstić information content (AvgIpc) is 3.07. The van der Waals surface area contributed by atoms with Crippen molar-refractivity contribution in [2.45, 2.75) is 19.9 Å². The Morgan fingerprint density at radius 1 is 1.00 bits per heavy atom. The first-order valence-corrected chi connectivity index (χ1v) is 9.93. The second-order valence-corrected chi connectivity index (χ2v) is 7.47. The summed E-state index contributed by atoms with van der Waals surface area (Å²) in [7, 11) is 2.17. The van der Waals surface area contributed by atoms with Crippen molar-refractivity contribution in [2.24, 2.45) is 0 Å². The van der Waals surface area contributed by atoms with E-state index in [2.05, 4.69) is 34.0 Å². The summed E-state index contributed by atoms with van der Waals surface area (Å²) >= 11 is 6.77. The minimum atomic E-state index is 0.647. The molecule has 4 rings (SSSR count). The Kier molecular flexibility index (Phi) is 5.38. The summed E-state index contributed by atoms with van der Waals surface area (Å²) in [6.07, 6.45) is 0.817. The lowest BCUT2D eigenvalue weighted by Gasteiger charge is -2.32. The van der Waals surface area contributed by atoms with Gasteiger partial charge in [-0.05, 0) is 13.5 Å². The van der Waals surface area contributed by atoms with Crippen molar-refractivity contribution < 1.29 is 0 Å². The second kappa shape index (κ2) is 7.92. The van der Waals surface area contributed by atoms with E-state index >= 15 is 0 Å². The van der Waals surface area contributed by atoms with Crippen molar-refractivity contribution >= 4 is 22.6 Å². The van der Waals surface area contributed by atoms with Gasteiger partial charge >= 0.3 is 0 Å². The number of likely N-dealkylation sites (N-methyl/N-ethyl adjacent to an activating group) is 1. The highest BCUT2D eigenvalue weighted by Gasteiger charge is 2.20. The number of halogens is 1. The summed E-state index contributed by atoms with van der Waals surface area (Å²) in [5.74, 6) is 0. The summed E-state index contributed by atoms with van der Waals surface area (Å²) in [4.78, 5) is 4.85. The van der Waals surface area contributed by atoms with Crippen molar-refractivity contribution in [1.29, 1.82) is 0 Å². The smallest absolute Gasteiger partial charge is 0.182 e. The average molecular weight is 385 g/mol. The first kappa shape index (κ1) is 18.3. The van der Waals surface area contributed by atoms with E-state index in [1.54, 1.807) is 0 Å². The fraction of sp³-hybridized carbons (Fsp3) is 0.450. The topological polar surface area (TPSA) is 50.1 Å². The van der Waals surface area contributed by atoms with Gasteiger partial charge in [0.15, 0.2) is 5.65 Å². The van der Waals surface area contributed by atoms with Gasteiger partial charge in [-0.3, -0.25) is 4.90 Å². The van der Waals surface area contributed by atoms with E-state index in [-0.39, 0.29) is 0 Å². The molecule has 7 heteroatoms. The SMILES string of the molecule is CCc1nn(CCN2CCN(C)CC2)c2nnc(-c3ccccc3)c(Cl)c12. The maximum Gasteiger partial charge on any atom is 0.182 e. The highest BCUT2D eigenvalue weighted by atomic mass is 35.5. The van der Waals surface area contributed by atoms with Gasteiger partial charge in [0.2, 0.25) is 0 Å². The zero-order valence-electron chi connectivity index (χ0n) is 15.9. The molecule has 1 aliphatic heterocycles. The van der Waals surface area contributed by atoms with E-state index in [0.717, 1.165) is 73.7 Å². The number of hydrogen-bond acceptors (Lipinski definition) is 5. The largest absolute Gasteiger partial charge is 0.304 e. The van der Waals surface area contributed by atoms with Crippen LogP contribution in [0.5, 0.6) is 0 Å². The van der Waals surface area contributed by atoms with E-state index in [4.69, 9.17) is 16.7 Å². The first-order valence-electron chi connectivity index (χ1n) is 9.55. The molecule has 0 saturated carbocycles. The van der Waals surface area contributed by atoms with E-state index in [1.807, 2.05) is 35.0 Å². The number of nitrogens with zero attached hydrogens (tertiary/aromatic N) is 6. The molecule has 6 nitrogen and oxygen atoms in total. The highest BCUT2D eigenvalue weighted by Crippen LogP contribution is 2.33. The standard InChI is InChI=1S/C20H25ClN6/c1-3-16-17-18(21)19(15-7-5-4-6-8-15)22-23-20(17)27(24-16)14-13-26-11-9-25(2)10-12-26/h4-8H,3,9-14H2,1-2H3. The molecule has 2 aromatic heterocycles. The van der Waals surface area contributed by atoms with E-state index in [0.29, 0.717) is 5.02 Å². The first-order chi connectivity index (χ1) is 13.2. The molecular formula is C20H25ClN6. The molecule has 3 aromatic rings. The van der Waals surface area contributed by atoms with Gasteiger partial charge in [-0.1, -0.05) is 48.9 Å². The predicted molar refractivity (Wildman–Crippen MR) is 109 cm³/mol. The normalized spacial score (nSPS) is 16.3. The van der Waals surface area contributed by atoms with Crippen LogP contribution in [0.2, 0.25) is 5.02 Å². The molecular weight excluding hydrogens is 360 g/mol. The van der Waals surface area contributed by atoms with Crippen molar-refractivity contribution in [3.63, 3.8) is 0 Å². The molecule has 0 spiro atoms. The second-order valence-electron chi connectivity index (χ2n) is 7.10. The molecule has 0 radical (unpaired) electrons. The van der Waals surface area contributed by atoms with Crippen LogP contribution in [-0.2, 0) is 13.0 Å². The van der Waals surface area contributed by atoms with Crippen LogP contribution in [0.3, 0.4) is 0 Å². The van der Waals surface area contributed by atoms with Crippen LogP contribution < -0.4 is 0 Å². The number of piperazine rings is 1. The highest BCUT2D eigenvalue weighted by molar-refractivity contribution is 6.37.